The summed E-state index contributed by atoms with van der Waals surface area (Å²) in [6, 6.07) is 5.65. The Bertz CT molecular complexity index is 405. The van der Waals surface area contributed by atoms with Gasteiger partial charge in [0.15, 0.2) is 0 Å². The Balaban J connectivity index is 2.22. The zero-order chi connectivity index (χ0) is 13.7. The third kappa shape index (κ3) is 3.85. The zero-order valence-corrected chi connectivity index (χ0v) is 12.3. The summed E-state index contributed by atoms with van der Waals surface area (Å²) in [5.74, 6) is 0.365. The molecule has 1 heterocycles. The summed E-state index contributed by atoms with van der Waals surface area (Å²) in [6.45, 7) is 6.29. The molecular formula is C15H23ClN2O. The number of unbranched alkanes of at least 4 members (excludes halogenated alkanes) is 1. The van der Waals surface area contributed by atoms with E-state index in [-0.39, 0.29) is 6.04 Å². The van der Waals surface area contributed by atoms with Crippen LogP contribution >= 0.6 is 11.6 Å². The first-order valence-electron chi connectivity index (χ1n) is 7.15. The first-order valence-corrected chi connectivity index (χ1v) is 7.53. The highest BCUT2D eigenvalue weighted by Crippen LogP contribution is 2.34. The van der Waals surface area contributed by atoms with E-state index in [1.807, 2.05) is 6.07 Å². The lowest BCUT2D eigenvalue weighted by atomic mass is 9.98. The van der Waals surface area contributed by atoms with E-state index in [0.29, 0.717) is 10.8 Å². The standard InChI is InChI=1S/C15H23ClN2O/c1-2-3-4-14(18-9-7-17-8-10-18)13-11-12(16)5-6-15(13)19/h5-6,11,14,17,19H,2-4,7-10H2,1H3/t14-/m0/s1. The second-order valence-corrected chi connectivity index (χ2v) is 5.58. The molecule has 0 bridgehead atoms. The summed E-state index contributed by atoms with van der Waals surface area (Å²) in [4.78, 5) is 2.46. The Kier molecular flexibility index (Phi) is 5.49. The molecule has 1 aliphatic rings. The molecule has 106 valence electrons. The molecule has 0 radical (unpaired) electrons. The van der Waals surface area contributed by atoms with Gasteiger partial charge in [0.05, 0.1) is 0 Å². The number of nitrogens with one attached hydrogen (secondary N) is 1. The van der Waals surface area contributed by atoms with Crippen molar-refractivity contribution in [2.24, 2.45) is 0 Å². The summed E-state index contributed by atoms with van der Waals surface area (Å²) in [5, 5.41) is 14.2. The number of hydrogen-bond acceptors (Lipinski definition) is 3. The van der Waals surface area contributed by atoms with Crippen molar-refractivity contribution in [2.45, 2.75) is 32.2 Å². The highest BCUT2D eigenvalue weighted by atomic mass is 35.5. The van der Waals surface area contributed by atoms with E-state index in [9.17, 15) is 5.11 Å². The Morgan fingerprint density at radius 2 is 2.11 bits per heavy atom. The van der Waals surface area contributed by atoms with Crippen LogP contribution in [0.25, 0.3) is 0 Å². The van der Waals surface area contributed by atoms with Gasteiger partial charge in [0, 0.05) is 42.8 Å². The smallest absolute Gasteiger partial charge is 0.120 e. The van der Waals surface area contributed by atoms with Crippen molar-refractivity contribution in [2.75, 3.05) is 26.2 Å². The quantitative estimate of drug-likeness (QED) is 0.871. The molecule has 0 aromatic heterocycles. The fourth-order valence-corrected chi connectivity index (χ4v) is 2.90. The van der Waals surface area contributed by atoms with E-state index >= 15 is 0 Å². The third-order valence-corrected chi connectivity index (χ3v) is 4.01. The van der Waals surface area contributed by atoms with Crippen LogP contribution in [0.4, 0.5) is 0 Å². The number of phenolic OH excluding ortho intramolecular Hbond substituents is 1. The average molecular weight is 283 g/mol. The number of aromatic hydroxyl groups is 1. The molecule has 1 atom stereocenters. The summed E-state index contributed by atoms with van der Waals surface area (Å²) < 4.78 is 0. The van der Waals surface area contributed by atoms with E-state index < -0.39 is 0 Å². The molecule has 1 aromatic rings. The van der Waals surface area contributed by atoms with Crippen LogP contribution < -0.4 is 5.32 Å². The van der Waals surface area contributed by atoms with Gasteiger partial charge >= 0.3 is 0 Å². The van der Waals surface area contributed by atoms with Crippen LogP contribution in [0.5, 0.6) is 5.75 Å². The maximum absolute atomic E-state index is 10.1. The van der Waals surface area contributed by atoms with Gasteiger partial charge in [-0.25, -0.2) is 0 Å². The van der Waals surface area contributed by atoms with Crippen LogP contribution in [-0.2, 0) is 0 Å². The monoisotopic (exact) mass is 282 g/mol. The Morgan fingerprint density at radius 1 is 1.37 bits per heavy atom. The summed E-state index contributed by atoms with van der Waals surface area (Å²) in [7, 11) is 0. The normalized spacial score (nSPS) is 18.4. The zero-order valence-electron chi connectivity index (χ0n) is 11.5. The minimum absolute atomic E-state index is 0.278. The van der Waals surface area contributed by atoms with Crippen LogP contribution in [0.2, 0.25) is 5.02 Å². The SMILES string of the molecule is CCCC[C@@H](c1cc(Cl)ccc1O)N1CCNCC1. The van der Waals surface area contributed by atoms with Gasteiger partial charge in [-0.3, -0.25) is 4.90 Å². The van der Waals surface area contributed by atoms with Gasteiger partial charge in [-0.1, -0.05) is 31.4 Å². The lowest BCUT2D eigenvalue weighted by Crippen LogP contribution is -2.45. The summed E-state index contributed by atoms with van der Waals surface area (Å²) in [5.41, 5.74) is 0.975. The van der Waals surface area contributed by atoms with Crippen LogP contribution in [0.1, 0.15) is 37.8 Å². The van der Waals surface area contributed by atoms with Crippen molar-refractivity contribution in [3.63, 3.8) is 0 Å². The maximum atomic E-state index is 10.1. The van der Waals surface area contributed by atoms with Gasteiger partial charge in [0.2, 0.25) is 0 Å². The molecule has 2 rings (SSSR count). The van der Waals surface area contributed by atoms with E-state index in [2.05, 4.69) is 17.1 Å². The number of piperazine rings is 1. The molecule has 1 aromatic carbocycles. The second-order valence-electron chi connectivity index (χ2n) is 5.15. The van der Waals surface area contributed by atoms with Gasteiger partial charge in [-0.15, -0.1) is 0 Å². The predicted molar refractivity (Wildman–Crippen MR) is 79.8 cm³/mol. The number of halogens is 1. The number of phenols is 1. The van der Waals surface area contributed by atoms with Gasteiger partial charge in [0.25, 0.3) is 0 Å². The third-order valence-electron chi connectivity index (χ3n) is 3.77. The fourth-order valence-electron chi connectivity index (χ4n) is 2.72. The van der Waals surface area contributed by atoms with E-state index in [1.165, 1.54) is 12.8 Å². The van der Waals surface area contributed by atoms with Gasteiger partial charge < -0.3 is 10.4 Å². The fraction of sp³-hybridized carbons (Fsp3) is 0.600. The highest BCUT2D eigenvalue weighted by Gasteiger charge is 2.24. The topological polar surface area (TPSA) is 35.5 Å². The minimum atomic E-state index is 0.278. The van der Waals surface area contributed by atoms with Crippen molar-refractivity contribution in [1.29, 1.82) is 0 Å². The first kappa shape index (κ1) is 14.6. The van der Waals surface area contributed by atoms with Crippen molar-refractivity contribution >= 4 is 11.6 Å². The summed E-state index contributed by atoms with van der Waals surface area (Å²) in [6.07, 6.45) is 3.41. The number of nitrogens with zero attached hydrogens (tertiary/aromatic N) is 1. The van der Waals surface area contributed by atoms with Crippen molar-refractivity contribution in [3.8, 4) is 5.75 Å². The summed E-state index contributed by atoms with van der Waals surface area (Å²) >= 11 is 6.09. The molecule has 0 unspecified atom stereocenters. The molecule has 0 amide bonds. The Morgan fingerprint density at radius 3 is 2.79 bits per heavy atom. The Hall–Kier alpha value is -0.770. The minimum Gasteiger partial charge on any atom is -0.508 e. The van der Waals surface area contributed by atoms with Crippen molar-refractivity contribution in [3.05, 3.63) is 28.8 Å². The largest absolute Gasteiger partial charge is 0.508 e. The number of benzene rings is 1. The van der Waals surface area contributed by atoms with Crippen LogP contribution in [0, 0.1) is 0 Å². The molecule has 0 spiro atoms. The molecule has 3 nitrogen and oxygen atoms in total. The highest BCUT2D eigenvalue weighted by molar-refractivity contribution is 6.30. The average Bonchev–Trinajstić information content (AvgIpc) is 2.44. The molecule has 2 N–H and O–H groups in total. The van der Waals surface area contributed by atoms with E-state index in [1.54, 1.807) is 12.1 Å². The molecule has 1 fully saturated rings. The van der Waals surface area contributed by atoms with Crippen molar-refractivity contribution < 1.29 is 5.11 Å². The molecule has 0 aliphatic carbocycles. The van der Waals surface area contributed by atoms with Gasteiger partial charge in [-0.05, 0) is 24.6 Å². The number of rotatable bonds is 5. The van der Waals surface area contributed by atoms with Crippen LogP contribution in [0.3, 0.4) is 0 Å². The first-order chi connectivity index (χ1) is 9.22. The number of hydrogen-bond donors (Lipinski definition) is 2. The maximum Gasteiger partial charge on any atom is 0.120 e. The molecule has 1 aliphatic heterocycles. The van der Waals surface area contributed by atoms with Gasteiger partial charge in [0.1, 0.15) is 5.75 Å². The van der Waals surface area contributed by atoms with Crippen molar-refractivity contribution in [1.82, 2.24) is 10.2 Å². The lowest BCUT2D eigenvalue weighted by Gasteiger charge is -2.35. The second kappa shape index (κ2) is 7.13. The van der Waals surface area contributed by atoms with E-state index in [0.717, 1.165) is 38.2 Å². The molecule has 0 saturated carbocycles. The van der Waals surface area contributed by atoms with Gasteiger partial charge in [-0.2, -0.15) is 0 Å². The van der Waals surface area contributed by atoms with E-state index in [4.69, 9.17) is 11.6 Å². The lowest BCUT2D eigenvalue weighted by molar-refractivity contribution is 0.160. The molecule has 1 saturated heterocycles. The molecule has 19 heavy (non-hydrogen) atoms. The predicted octanol–water partition coefficient (Wildman–Crippen LogP) is 3.18. The van der Waals surface area contributed by atoms with Crippen LogP contribution in [0.15, 0.2) is 18.2 Å². The molecular weight excluding hydrogens is 260 g/mol. The molecule has 4 heteroatoms. The van der Waals surface area contributed by atoms with Crippen LogP contribution in [-0.4, -0.2) is 36.2 Å². The Labute approximate surface area is 120 Å².